The fourth-order valence-electron chi connectivity index (χ4n) is 2.97. The molecular weight excluding hydrogens is 308 g/mol. The van der Waals surface area contributed by atoms with E-state index >= 15 is 0 Å². The van der Waals surface area contributed by atoms with Crippen LogP contribution in [-0.4, -0.2) is 64.0 Å². The Labute approximate surface area is 140 Å². The summed E-state index contributed by atoms with van der Waals surface area (Å²) in [5.41, 5.74) is 2.21. The van der Waals surface area contributed by atoms with E-state index in [-0.39, 0.29) is 12.0 Å². The molecule has 1 fully saturated rings. The maximum atomic E-state index is 13.0. The number of nitrogens with zero attached hydrogens (tertiary/aromatic N) is 4. The number of imidazole rings is 1. The summed E-state index contributed by atoms with van der Waals surface area (Å²) in [4.78, 5) is 32.7. The average Bonchev–Trinajstić information content (AvgIpc) is 3.00. The molecule has 0 radical (unpaired) electrons. The van der Waals surface area contributed by atoms with Gasteiger partial charge < -0.3 is 14.5 Å². The Bertz CT molecular complexity index is 747. The SMILES string of the molecule is CCOC(=O)N1CCN(C(=O)c2c(CC)nc3ccccn23)CC1. The first-order valence-electron chi connectivity index (χ1n) is 8.32. The van der Waals surface area contributed by atoms with Gasteiger partial charge in [-0.15, -0.1) is 0 Å². The number of fused-ring (bicyclic) bond motifs is 1. The lowest BCUT2D eigenvalue weighted by atomic mass is 10.2. The van der Waals surface area contributed by atoms with Gasteiger partial charge in [0.1, 0.15) is 11.3 Å². The third-order valence-corrected chi connectivity index (χ3v) is 4.23. The Morgan fingerprint density at radius 3 is 2.50 bits per heavy atom. The van der Waals surface area contributed by atoms with E-state index in [4.69, 9.17) is 4.74 Å². The van der Waals surface area contributed by atoms with Gasteiger partial charge in [0.15, 0.2) is 0 Å². The third kappa shape index (κ3) is 2.93. The molecule has 1 saturated heterocycles. The molecule has 7 nitrogen and oxygen atoms in total. The van der Waals surface area contributed by atoms with Crippen LogP contribution in [0.4, 0.5) is 4.79 Å². The predicted octanol–water partition coefficient (Wildman–Crippen LogP) is 1.81. The van der Waals surface area contributed by atoms with E-state index in [1.807, 2.05) is 35.7 Å². The van der Waals surface area contributed by atoms with Crippen LogP contribution in [0.1, 0.15) is 30.0 Å². The molecule has 0 bridgehead atoms. The van der Waals surface area contributed by atoms with Crippen LogP contribution < -0.4 is 0 Å². The smallest absolute Gasteiger partial charge is 0.409 e. The number of aromatic nitrogens is 2. The van der Waals surface area contributed by atoms with Gasteiger partial charge in [-0.25, -0.2) is 9.78 Å². The Morgan fingerprint density at radius 1 is 1.12 bits per heavy atom. The highest BCUT2D eigenvalue weighted by Gasteiger charge is 2.28. The maximum Gasteiger partial charge on any atom is 0.409 e. The quantitative estimate of drug-likeness (QED) is 0.861. The number of pyridine rings is 1. The first kappa shape index (κ1) is 16.3. The summed E-state index contributed by atoms with van der Waals surface area (Å²) in [5, 5.41) is 0. The monoisotopic (exact) mass is 330 g/mol. The van der Waals surface area contributed by atoms with Crippen LogP contribution in [0, 0.1) is 0 Å². The van der Waals surface area contributed by atoms with Gasteiger partial charge in [0.05, 0.1) is 12.3 Å². The van der Waals surface area contributed by atoms with Gasteiger partial charge in [-0.05, 0) is 25.5 Å². The number of ether oxygens (including phenoxy) is 1. The standard InChI is InChI=1S/C17H22N4O3/c1-3-13-15(21-8-6-5-7-14(21)18-13)16(22)19-9-11-20(12-10-19)17(23)24-4-2/h5-8H,3-4,9-12H2,1-2H3. The van der Waals surface area contributed by atoms with Gasteiger partial charge >= 0.3 is 6.09 Å². The molecule has 0 atom stereocenters. The Kier molecular flexibility index (Phi) is 4.69. The molecule has 0 spiro atoms. The van der Waals surface area contributed by atoms with Gasteiger partial charge in [-0.2, -0.15) is 0 Å². The molecule has 0 aromatic carbocycles. The van der Waals surface area contributed by atoms with Crippen molar-refractivity contribution in [2.24, 2.45) is 0 Å². The number of hydrogen-bond acceptors (Lipinski definition) is 4. The van der Waals surface area contributed by atoms with Crippen LogP contribution in [0.15, 0.2) is 24.4 Å². The van der Waals surface area contributed by atoms with E-state index in [1.165, 1.54) is 0 Å². The van der Waals surface area contributed by atoms with Crippen molar-refractivity contribution in [1.82, 2.24) is 19.2 Å². The Morgan fingerprint density at radius 2 is 1.83 bits per heavy atom. The number of amides is 2. The number of carbonyl (C=O) groups is 2. The molecule has 2 amide bonds. The lowest BCUT2D eigenvalue weighted by Crippen LogP contribution is -2.51. The second-order valence-corrected chi connectivity index (χ2v) is 5.67. The van der Waals surface area contributed by atoms with Crippen LogP contribution >= 0.6 is 0 Å². The number of rotatable bonds is 3. The van der Waals surface area contributed by atoms with Gasteiger partial charge in [-0.3, -0.25) is 9.20 Å². The Balaban J connectivity index is 1.78. The van der Waals surface area contributed by atoms with Crippen LogP contribution in [0.3, 0.4) is 0 Å². The highest BCUT2D eigenvalue weighted by Crippen LogP contribution is 2.17. The zero-order chi connectivity index (χ0) is 17.1. The molecule has 2 aromatic rings. The van der Waals surface area contributed by atoms with E-state index in [1.54, 1.807) is 16.7 Å². The minimum absolute atomic E-state index is 0.0333. The third-order valence-electron chi connectivity index (χ3n) is 4.23. The van der Waals surface area contributed by atoms with Crippen LogP contribution in [0.5, 0.6) is 0 Å². The lowest BCUT2D eigenvalue weighted by molar-refractivity contribution is 0.0564. The summed E-state index contributed by atoms with van der Waals surface area (Å²) < 4.78 is 6.86. The second-order valence-electron chi connectivity index (χ2n) is 5.67. The fraction of sp³-hybridized carbons (Fsp3) is 0.471. The van der Waals surface area contributed by atoms with E-state index in [2.05, 4.69) is 4.98 Å². The van der Waals surface area contributed by atoms with E-state index in [9.17, 15) is 9.59 Å². The van der Waals surface area contributed by atoms with Crippen molar-refractivity contribution in [1.29, 1.82) is 0 Å². The van der Waals surface area contributed by atoms with Crippen molar-refractivity contribution in [2.75, 3.05) is 32.8 Å². The second kappa shape index (κ2) is 6.90. The van der Waals surface area contributed by atoms with E-state index < -0.39 is 0 Å². The van der Waals surface area contributed by atoms with Crippen LogP contribution in [0.2, 0.25) is 0 Å². The summed E-state index contributed by atoms with van der Waals surface area (Å²) in [6, 6.07) is 5.70. The lowest BCUT2D eigenvalue weighted by Gasteiger charge is -2.34. The highest BCUT2D eigenvalue weighted by atomic mass is 16.6. The highest BCUT2D eigenvalue weighted by molar-refractivity contribution is 5.95. The molecular formula is C17H22N4O3. The topological polar surface area (TPSA) is 67.2 Å². The molecule has 0 unspecified atom stereocenters. The van der Waals surface area contributed by atoms with E-state index in [0.717, 1.165) is 11.3 Å². The number of aryl methyl sites for hydroxylation is 1. The van der Waals surface area contributed by atoms with E-state index in [0.29, 0.717) is 44.9 Å². The number of piperazine rings is 1. The summed E-state index contributed by atoms with van der Waals surface area (Å²) in [6.45, 7) is 6.12. The molecule has 3 heterocycles. The summed E-state index contributed by atoms with van der Waals surface area (Å²) >= 11 is 0. The minimum atomic E-state index is -0.311. The normalized spacial score (nSPS) is 14.9. The predicted molar refractivity (Wildman–Crippen MR) is 89.1 cm³/mol. The summed E-state index contributed by atoms with van der Waals surface area (Å²) in [7, 11) is 0. The minimum Gasteiger partial charge on any atom is -0.450 e. The van der Waals surface area contributed by atoms with Crippen molar-refractivity contribution in [3.05, 3.63) is 35.8 Å². The van der Waals surface area contributed by atoms with Crippen LogP contribution in [-0.2, 0) is 11.2 Å². The molecule has 2 aromatic heterocycles. The van der Waals surface area contributed by atoms with Crippen molar-refractivity contribution < 1.29 is 14.3 Å². The zero-order valence-corrected chi connectivity index (χ0v) is 14.1. The maximum absolute atomic E-state index is 13.0. The van der Waals surface area contributed by atoms with Crippen molar-refractivity contribution >= 4 is 17.6 Å². The van der Waals surface area contributed by atoms with Gasteiger partial charge in [0.25, 0.3) is 5.91 Å². The molecule has 0 saturated carbocycles. The molecule has 1 aliphatic heterocycles. The fourth-order valence-corrected chi connectivity index (χ4v) is 2.97. The molecule has 24 heavy (non-hydrogen) atoms. The first-order chi connectivity index (χ1) is 11.7. The summed E-state index contributed by atoms with van der Waals surface area (Å²) in [6.07, 6.45) is 2.25. The molecule has 128 valence electrons. The molecule has 0 N–H and O–H groups in total. The molecule has 1 aliphatic rings. The molecule has 7 heteroatoms. The zero-order valence-electron chi connectivity index (χ0n) is 14.1. The van der Waals surface area contributed by atoms with Crippen molar-refractivity contribution in [2.45, 2.75) is 20.3 Å². The van der Waals surface area contributed by atoms with Gasteiger partial charge in [0.2, 0.25) is 0 Å². The largest absolute Gasteiger partial charge is 0.450 e. The average molecular weight is 330 g/mol. The van der Waals surface area contributed by atoms with Crippen LogP contribution in [0.25, 0.3) is 5.65 Å². The Hall–Kier alpha value is -2.57. The first-order valence-corrected chi connectivity index (χ1v) is 8.32. The van der Waals surface area contributed by atoms with Crippen molar-refractivity contribution in [3.63, 3.8) is 0 Å². The van der Waals surface area contributed by atoms with Crippen molar-refractivity contribution in [3.8, 4) is 0 Å². The molecule has 0 aliphatic carbocycles. The number of carbonyl (C=O) groups excluding carboxylic acids is 2. The van der Waals surface area contributed by atoms with Gasteiger partial charge in [0, 0.05) is 32.4 Å². The number of hydrogen-bond donors (Lipinski definition) is 0. The molecule has 3 rings (SSSR count). The van der Waals surface area contributed by atoms with Gasteiger partial charge in [-0.1, -0.05) is 13.0 Å². The summed E-state index contributed by atoms with van der Waals surface area (Å²) in [5.74, 6) is -0.0333.